The van der Waals surface area contributed by atoms with Crippen molar-refractivity contribution in [2.75, 3.05) is 20.6 Å². The Labute approximate surface area is 82.5 Å². The predicted molar refractivity (Wildman–Crippen MR) is 57.5 cm³/mol. The van der Waals surface area contributed by atoms with Crippen molar-refractivity contribution in [3.8, 4) is 11.8 Å². The van der Waals surface area contributed by atoms with Crippen molar-refractivity contribution in [2.24, 2.45) is 11.8 Å². The number of hydrogen-bond acceptors (Lipinski definition) is 1. The first kappa shape index (κ1) is 10.6. The van der Waals surface area contributed by atoms with Gasteiger partial charge in [-0.2, -0.15) is 0 Å². The van der Waals surface area contributed by atoms with E-state index < -0.39 is 0 Å². The van der Waals surface area contributed by atoms with E-state index in [0.717, 1.165) is 12.5 Å². The first-order valence-corrected chi connectivity index (χ1v) is 5.33. The van der Waals surface area contributed by atoms with E-state index >= 15 is 0 Å². The first-order chi connectivity index (χ1) is 6.20. The van der Waals surface area contributed by atoms with Gasteiger partial charge in [-0.05, 0) is 32.9 Å². The lowest BCUT2D eigenvalue weighted by molar-refractivity contribution is 0.315. The summed E-state index contributed by atoms with van der Waals surface area (Å²) in [6, 6.07) is 0. The number of rotatable bonds is 1. The second kappa shape index (κ2) is 5.29. The van der Waals surface area contributed by atoms with Crippen LogP contribution in [0.25, 0.3) is 0 Å². The lowest BCUT2D eigenvalue weighted by Crippen LogP contribution is -2.16. The van der Waals surface area contributed by atoms with Crippen LogP contribution >= 0.6 is 0 Å². The maximum absolute atomic E-state index is 3.41. The van der Waals surface area contributed by atoms with E-state index in [-0.39, 0.29) is 0 Å². The van der Waals surface area contributed by atoms with E-state index in [2.05, 4.69) is 37.8 Å². The molecule has 74 valence electrons. The largest absolute Gasteiger partial charge is 0.299 e. The quantitative estimate of drug-likeness (QED) is 0.559. The van der Waals surface area contributed by atoms with E-state index in [0.29, 0.717) is 5.92 Å². The highest BCUT2D eigenvalue weighted by atomic mass is 15.0. The molecule has 0 bridgehead atoms. The summed E-state index contributed by atoms with van der Waals surface area (Å²) in [6.07, 6.45) is 5.49. The Balaban J connectivity index is 2.35. The predicted octanol–water partition coefficient (Wildman–Crippen LogP) is 2.38. The van der Waals surface area contributed by atoms with Crippen molar-refractivity contribution in [1.29, 1.82) is 0 Å². The molecule has 0 aromatic heterocycles. The van der Waals surface area contributed by atoms with Crippen molar-refractivity contribution < 1.29 is 0 Å². The Hall–Kier alpha value is -0.480. The van der Waals surface area contributed by atoms with E-state index in [1.54, 1.807) is 0 Å². The molecule has 2 atom stereocenters. The van der Waals surface area contributed by atoms with Gasteiger partial charge in [0, 0.05) is 5.92 Å². The summed E-state index contributed by atoms with van der Waals surface area (Å²) in [5.74, 6) is 8.17. The summed E-state index contributed by atoms with van der Waals surface area (Å²) in [5.41, 5.74) is 0. The maximum Gasteiger partial charge on any atom is 0.0596 e. The summed E-state index contributed by atoms with van der Waals surface area (Å²) in [6.45, 7) is 3.25. The van der Waals surface area contributed by atoms with Gasteiger partial charge in [0.15, 0.2) is 0 Å². The second-order valence-corrected chi connectivity index (χ2v) is 4.43. The van der Waals surface area contributed by atoms with Crippen LogP contribution in [0.1, 0.15) is 32.6 Å². The van der Waals surface area contributed by atoms with E-state index in [4.69, 9.17) is 0 Å². The molecule has 1 aliphatic carbocycles. The van der Waals surface area contributed by atoms with Crippen molar-refractivity contribution in [2.45, 2.75) is 32.6 Å². The molecule has 1 saturated carbocycles. The van der Waals surface area contributed by atoms with Crippen molar-refractivity contribution >= 4 is 0 Å². The topological polar surface area (TPSA) is 3.24 Å². The zero-order chi connectivity index (χ0) is 9.68. The number of hydrogen-bond donors (Lipinski definition) is 0. The third kappa shape index (κ3) is 3.83. The lowest BCUT2D eigenvalue weighted by atomic mass is 9.81. The van der Waals surface area contributed by atoms with Crippen LogP contribution in [0.15, 0.2) is 0 Å². The first-order valence-electron chi connectivity index (χ1n) is 5.33. The van der Waals surface area contributed by atoms with Gasteiger partial charge < -0.3 is 0 Å². The Morgan fingerprint density at radius 1 is 1.23 bits per heavy atom. The van der Waals surface area contributed by atoms with Gasteiger partial charge in [0.2, 0.25) is 0 Å². The van der Waals surface area contributed by atoms with Crippen molar-refractivity contribution in [3.63, 3.8) is 0 Å². The van der Waals surface area contributed by atoms with Crippen LogP contribution in [-0.4, -0.2) is 25.5 Å². The van der Waals surface area contributed by atoms with Gasteiger partial charge in [0.1, 0.15) is 0 Å². The monoisotopic (exact) mass is 179 g/mol. The molecule has 1 rings (SSSR count). The molecule has 2 unspecified atom stereocenters. The molecule has 1 aliphatic rings. The molecule has 0 spiro atoms. The second-order valence-electron chi connectivity index (χ2n) is 4.43. The SMILES string of the molecule is CC1CCCCC1C#CCN(C)C. The van der Waals surface area contributed by atoms with Crippen LogP contribution in [0.4, 0.5) is 0 Å². The van der Waals surface area contributed by atoms with Gasteiger partial charge in [-0.3, -0.25) is 4.90 Å². The maximum atomic E-state index is 3.41. The average molecular weight is 179 g/mol. The zero-order valence-corrected chi connectivity index (χ0v) is 9.14. The minimum absolute atomic E-state index is 0.675. The van der Waals surface area contributed by atoms with Crippen LogP contribution in [-0.2, 0) is 0 Å². The summed E-state index contributed by atoms with van der Waals surface area (Å²) in [7, 11) is 4.14. The highest BCUT2D eigenvalue weighted by Crippen LogP contribution is 2.28. The van der Waals surface area contributed by atoms with Gasteiger partial charge >= 0.3 is 0 Å². The Kier molecular flexibility index (Phi) is 4.32. The molecule has 13 heavy (non-hydrogen) atoms. The van der Waals surface area contributed by atoms with Gasteiger partial charge in [-0.1, -0.05) is 31.6 Å². The third-order valence-electron chi connectivity index (χ3n) is 2.79. The van der Waals surface area contributed by atoms with Crippen LogP contribution in [0.3, 0.4) is 0 Å². The molecular weight excluding hydrogens is 158 g/mol. The average Bonchev–Trinajstić information content (AvgIpc) is 2.08. The molecule has 0 radical (unpaired) electrons. The van der Waals surface area contributed by atoms with Gasteiger partial charge in [0.25, 0.3) is 0 Å². The standard InChI is InChI=1S/C12H21N/c1-11-7-4-5-8-12(11)9-6-10-13(2)3/h11-12H,4-5,7-8,10H2,1-3H3. The molecule has 1 nitrogen and oxygen atoms in total. The normalized spacial score (nSPS) is 28.3. The number of nitrogens with zero attached hydrogens (tertiary/aromatic N) is 1. The fourth-order valence-corrected chi connectivity index (χ4v) is 1.87. The Morgan fingerprint density at radius 3 is 2.54 bits per heavy atom. The van der Waals surface area contributed by atoms with Crippen LogP contribution < -0.4 is 0 Å². The minimum Gasteiger partial charge on any atom is -0.299 e. The Morgan fingerprint density at radius 2 is 1.92 bits per heavy atom. The highest BCUT2D eigenvalue weighted by Gasteiger charge is 2.18. The molecule has 0 aromatic carbocycles. The molecule has 0 saturated heterocycles. The van der Waals surface area contributed by atoms with E-state index in [1.807, 2.05) is 0 Å². The minimum atomic E-state index is 0.675. The van der Waals surface area contributed by atoms with Crippen LogP contribution in [0.2, 0.25) is 0 Å². The lowest BCUT2D eigenvalue weighted by Gasteiger charge is -2.24. The fraction of sp³-hybridized carbons (Fsp3) is 0.833. The molecule has 1 fully saturated rings. The van der Waals surface area contributed by atoms with Gasteiger partial charge in [-0.25, -0.2) is 0 Å². The summed E-state index contributed by atoms with van der Waals surface area (Å²) in [4.78, 5) is 2.13. The summed E-state index contributed by atoms with van der Waals surface area (Å²) in [5, 5.41) is 0. The molecule has 1 heteroatoms. The smallest absolute Gasteiger partial charge is 0.0596 e. The molecule has 0 aromatic rings. The summed E-state index contributed by atoms with van der Waals surface area (Å²) >= 11 is 0. The molecule has 0 aliphatic heterocycles. The van der Waals surface area contributed by atoms with Crippen LogP contribution in [0.5, 0.6) is 0 Å². The highest BCUT2D eigenvalue weighted by molar-refractivity contribution is 5.07. The molecule has 0 heterocycles. The van der Waals surface area contributed by atoms with Crippen LogP contribution in [0, 0.1) is 23.7 Å². The van der Waals surface area contributed by atoms with E-state index in [1.165, 1.54) is 25.7 Å². The summed E-state index contributed by atoms with van der Waals surface area (Å²) < 4.78 is 0. The fourth-order valence-electron chi connectivity index (χ4n) is 1.87. The molecule has 0 N–H and O–H groups in total. The van der Waals surface area contributed by atoms with Gasteiger partial charge in [0.05, 0.1) is 6.54 Å². The van der Waals surface area contributed by atoms with Crippen molar-refractivity contribution in [1.82, 2.24) is 4.90 Å². The van der Waals surface area contributed by atoms with E-state index in [9.17, 15) is 0 Å². The van der Waals surface area contributed by atoms with Crippen molar-refractivity contribution in [3.05, 3.63) is 0 Å². The molecule has 0 amide bonds. The molecular formula is C12H21N. The Bertz CT molecular complexity index is 197. The zero-order valence-electron chi connectivity index (χ0n) is 9.14. The third-order valence-corrected chi connectivity index (χ3v) is 2.79. The van der Waals surface area contributed by atoms with Gasteiger partial charge in [-0.15, -0.1) is 0 Å².